The summed E-state index contributed by atoms with van der Waals surface area (Å²) < 4.78 is 1.66. The third kappa shape index (κ3) is 3.89. The maximum Gasteiger partial charge on any atom is 0.353 e. The average Bonchev–Trinajstić information content (AvgIpc) is 3.43. The smallest absolute Gasteiger partial charge is 0.353 e. The number of rotatable bonds is 6. The molecule has 4 heterocycles. The summed E-state index contributed by atoms with van der Waals surface area (Å²) in [7, 11) is 0. The number of aromatic nitrogens is 2. The van der Waals surface area contributed by atoms with Gasteiger partial charge in [0.2, 0.25) is 0 Å². The van der Waals surface area contributed by atoms with Crippen LogP contribution in [0.1, 0.15) is 5.69 Å². The number of fused-ring (bicyclic) bond motifs is 2. The van der Waals surface area contributed by atoms with E-state index in [0.717, 1.165) is 21.6 Å². The van der Waals surface area contributed by atoms with E-state index in [4.69, 9.17) is 5.73 Å². The van der Waals surface area contributed by atoms with Crippen LogP contribution in [0.5, 0.6) is 0 Å². The highest BCUT2D eigenvalue weighted by Crippen LogP contribution is 2.46. The van der Waals surface area contributed by atoms with E-state index in [2.05, 4.69) is 20.4 Å². The van der Waals surface area contributed by atoms with Crippen molar-refractivity contribution < 1.29 is 24.7 Å². The van der Waals surface area contributed by atoms with Gasteiger partial charge in [-0.3, -0.25) is 14.5 Å². The van der Waals surface area contributed by atoms with E-state index >= 15 is 0 Å². The number of oxime groups is 1. The summed E-state index contributed by atoms with van der Waals surface area (Å²) in [6.45, 7) is 0. The third-order valence-corrected chi connectivity index (χ3v) is 9.30. The molecule has 0 aliphatic carbocycles. The molecular weight excluding hydrogens is 521 g/mol. The Labute approximate surface area is 207 Å². The number of anilines is 1. The molecule has 0 saturated carbocycles. The van der Waals surface area contributed by atoms with Crippen molar-refractivity contribution in [3.63, 3.8) is 0 Å². The summed E-state index contributed by atoms with van der Waals surface area (Å²) in [4.78, 5) is 47.7. The number of β-lactam (4-membered cyclic amide) rings is 1. The Morgan fingerprint density at radius 1 is 1.29 bits per heavy atom. The molecule has 0 radical (unpaired) electrons. The quantitative estimate of drug-likeness (QED) is 0.159. The largest absolute Gasteiger partial charge is 0.477 e. The first-order valence-electron chi connectivity index (χ1n) is 9.56. The molecule has 1 saturated heterocycles. The Bertz CT molecular complexity index is 1370. The monoisotopic (exact) mass is 534 g/mol. The molecule has 3 aromatic rings. The minimum absolute atomic E-state index is 0.0723. The summed E-state index contributed by atoms with van der Waals surface area (Å²) in [5.74, 6) is -2.29. The number of hydrogen-bond donors (Lipinski definition) is 4. The maximum absolute atomic E-state index is 12.9. The number of nitrogens with one attached hydrogen (secondary N) is 1. The second-order valence-corrected chi connectivity index (χ2v) is 11.4. The van der Waals surface area contributed by atoms with Crippen molar-refractivity contribution >= 4 is 85.0 Å². The van der Waals surface area contributed by atoms with E-state index < -0.39 is 29.2 Å². The molecule has 2 amide bonds. The lowest BCUT2D eigenvalue weighted by Crippen LogP contribution is -2.71. The number of thioether (sulfide) groups is 2. The highest BCUT2D eigenvalue weighted by Gasteiger charge is 2.54. The van der Waals surface area contributed by atoms with E-state index in [1.165, 1.54) is 45.1 Å². The van der Waals surface area contributed by atoms with E-state index in [9.17, 15) is 24.7 Å². The zero-order chi connectivity index (χ0) is 24.0. The van der Waals surface area contributed by atoms with Gasteiger partial charge in [-0.05, 0) is 12.1 Å². The molecule has 5 rings (SSSR count). The van der Waals surface area contributed by atoms with Gasteiger partial charge in [0.15, 0.2) is 15.2 Å². The summed E-state index contributed by atoms with van der Waals surface area (Å²) in [5, 5.41) is 25.6. The summed E-state index contributed by atoms with van der Waals surface area (Å²) in [6.07, 6.45) is 0. The van der Waals surface area contributed by atoms with Gasteiger partial charge >= 0.3 is 5.97 Å². The number of nitrogens with two attached hydrogens (primary N) is 1. The van der Waals surface area contributed by atoms with Crippen LogP contribution in [0, 0.1) is 0 Å². The van der Waals surface area contributed by atoms with Gasteiger partial charge in [0.25, 0.3) is 11.8 Å². The molecule has 2 aliphatic rings. The van der Waals surface area contributed by atoms with Gasteiger partial charge < -0.3 is 21.4 Å². The normalized spacial score (nSPS) is 20.3. The van der Waals surface area contributed by atoms with E-state index in [1.54, 1.807) is 0 Å². The number of aliphatic carboxylic acids is 1. The first-order valence-corrected chi connectivity index (χ1v) is 13.1. The molecule has 15 heteroatoms. The minimum Gasteiger partial charge on any atom is -0.477 e. The Hall–Kier alpha value is -3.14. The number of nitrogen functional groups attached to an aromatic ring is 1. The lowest BCUT2D eigenvalue weighted by atomic mass is 10.0. The van der Waals surface area contributed by atoms with Crippen LogP contribution in [0.3, 0.4) is 0 Å². The van der Waals surface area contributed by atoms with Crippen LogP contribution < -0.4 is 11.1 Å². The molecule has 1 fully saturated rings. The molecular formula is C19H14N6O5S4. The Morgan fingerprint density at radius 2 is 2.09 bits per heavy atom. The molecule has 2 aliphatic heterocycles. The second kappa shape index (κ2) is 8.90. The predicted molar refractivity (Wildman–Crippen MR) is 130 cm³/mol. The number of amides is 2. The Balaban J connectivity index is 1.35. The Morgan fingerprint density at radius 3 is 2.76 bits per heavy atom. The standard InChI is InChI=1S/C19H14N6O5S4/c20-18-21-8(5-32-18)11(24-30)14(26)23-12-15(27)25-13(17(28)29)10(6-31-16(12)25)34-19-22-7-3-1-2-4-9(7)33-19/h1-5,12,16,30H,6H2,(H2,20,21)(H,23,26)(H,28,29)/b24-11-/t12?,16-/m1/s1. The number of carbonyl (C=O) groups excluding carboxylic acids is 2. The fourth-order valence-electron chi connectivity index (χ4n) is 3.49. The van der Waals surface area contributed by atoms with Gasteiger partial charge in [0.05, 0.1) is 10.2 Å². The van der Waals surface area contributed by atoms with E-state index in [0.29, 0.717) is 15.0 Å². The van der Waals surface area contributed by atoms with Crippen LogP contribution in [0.4, 0.5) is 5.13 Å². The molecule has 2 aromatic heterocycles. The number of carboxylic acid groups (broad SMARTS) is 1. The van der Waals surface area contributed by atoms with Crippen molar-refractivity contribution in [2.75, 3.05) is 11.5 Å². The summed E-state index contributed by atoms with van der Waals surface area (Å²) in [6, 6.07) is 6.62. The summed E-state index contributed by atoms with van der Waals surface area (Å²) in [5.41, 5.74) is 5.95. The van der Waals surface area contributed by atoms with Crippen LogP contribution in [-0.2, 0) is 14.4 Å². The minimum atomic E-state index is -1.23. The SMILES string of the molecule is Nc1nc(/C(=N/O)C(=O)NC2C(=O)N3C(C(=O)O)=C(Sc4nc5ccccc5s4)CS[C@H]23)cs1. The molecule has 0 bridgehead atoms. The van der Waals surface area contributed by atoms with E-state index in [1.807, 2.05) is 24.3 Å². The van der Waals surface area contributed by atoms with Crippen molar-refractivity contribution in [1.82, 2.24) is 20.2 Å². The topological polar surface area (TPSA) is 171 Å². The van der Waals surface area contributed by atoms with Gasteiger partial charge in [-0.2, -0.15) is 0 Å². The summed E-state index contributed by atoms with van der Waals surface area (Å²) >= 11 is 5.07. The molecule has 174 valence electrons. The van der Waals surface area contributed by atoms with Crippen LogP contribution in [-0.4, -0.2) is 65.8 Å². The van der Waals surface area contributed by atoms with Gasteiger partial charge in [-0.25, -0.2) is 14.8 Å². The van der Waals surface area contributed by atoms with Crippen molar-refractivity contribution in [3.8, 4) is 0 Å². The lowest BCUT2D eigenvalue weighted by molar-refractivity contribution is -0.150. The van der Waals surface area contributed by atoms with Gasteiger partial charge in [-0.1, -0.05) is 29.1 Å². The van der Waals surface area contributed by atoms with Gasteiger partial charge in [0, 0.05) is 16.0 Å². The fraction of sp³-hybridized carbons (Fsp3) is 0.158. The van der Waals surface area contributed by atoms with Crippen molar-refractivity contribution in [3.05, 3.63) is 45.9 Å². The molecule has 5 N–H and O–H groups in total. The van der Waals surface area contributed by atoms with E-state index in [-0.39, 0.29) is 22.2 Å². The van der Waals surface area contributed by atoms with Gasteiger partial charge in [0.1, 0.15) is 22.8 Å². The number of nitrogens with zero attached hydrogens (tertiary/aromatic N) is 4. The zero-order valence-corrected chi connectivity index (χ0v) is 20.1. The molecule has 1 unspecified atom stereocenters. The third-order valence-electron chi connectivity index (χ3n) is 4.99. The molecule has 34 heavy (non-hydrogen) atoms. The van der Waals surface area contributed by atoms with Crippen molar-refractivity contribution in [2.45, 2.75) is 15.8 Å². The number of hydrogen-bond acceptors (Lipinski definition) is 12. The number of carboxylic acids is 1. The molecule has 1 aromatic carbocycles. The number of para-hydroxylation sites is 1. The fourth-order valence-corrected chi connectivity index (χ4v) is 7.74. The van der Waals surface area contributed by atoms with Crippen molar-refractivity contribution in [2.24, 2.45) is 5.16 Å². The highest BCUT2D eigenvalue weighted by atomic mass is 32.2. The van der Waals surface area contributed by atoms with Crippen LogP contribution in [0.15, 0.2) is 49.7 Å². The van der Waals surface area contributed by atoms with Crippen LogP contribution in [0.25, 0.3) is 10.2 Å². The number of benzene rings is 1. The average molecular weight is 535 g/mol. The Kier molecular flexibility index (Phi) is 5.93. The predicted octanol–water partition coefficient (Wildman–Crippen LogP) is 2.00. The van der Waals surface area contributed by atoms with Crippen LogP contribution in [0.2, 0.25) is 0 Å². The first-order chi connectivity index (χ1) is 16.4. The lowest BCUT2D eigenvalue weighted by Gasteiger charge is -2.49. The van der Waals surface area contributed by atoms with Crippen molar-refractivity contribution in [1.29, 1.82) is 0 Å². The number of carbonyl (C=O) groups is 3. The highest BCUT2D eigenvalue weighted by molar-refractivity contribution is 8.07. The molecule has 11 nitrogen and oxygen atoms in total. The molecule has 0 spiro atoms. The maximum atomic E-state index is 12.9. The number of thiazole rings is 2. The second-order valence-electron chi connectivity index (χ2n) is 7.01. The molecule has 2 atom stereocenters. The zero-order valence-electron chi connectivity index (χ0n) is 16.9. The first kappa shape index (κ1) is 22.6. The van der Waals surface area contributed by atoms with Crippen LogP contribution >= 0.6 is 46.2 Å². The van der Waals surface area contributed by atoms with Gasteiger partial charge in [-0.15, -0.1) is 34.4 Å².